The molecular formula is C18H28O. The van der Waals surface area contributed by atoms with Crippen LogP contribution < -0.4 is 0 Å². The van der Waals surface area contributed by atoms with Crippen LogP contribution in [-0.4, -0.2) is 5.11 Å². The zero-order chi connectivity index (χ0) is 13.9. The number of hydrogen-bond donors (Lipinski definition) is 1. The lowest BCUT2D eigenvalue weighted by Crippen LogP contribution is -2.32. The molecule has 0 atom stereocenters. The second-order valence-electron chi connectivity index (χ2n) is 6.56. The smallest absolute Gasteiger partial charge is 0.0896 e. The standard InChI is InChI=1S/C18H28O/c1-4-6-15-7-5-8-17(13-15)18(19)11-9-16(10-12-18)14(2)3/h5,7-8,13-14,16,19H,4,6,9-12H2,1-3H3. The lowest BCUT2D eigenvalue weighted by atomic mass is 9.72. The van der Waals surface area contributed by atoms with Crippen molar-refractivity contribution in [3.63, 3.8) is 0 Å². The molecule has 0 aliphatic heterocycles. The second-order valence-corrected chi connectivity index (χ2v) is 6.56. The van der Waals surface area contributed by atoms with Gasteiger partial charge in [0, 0.05) is 0 Å². The fraction of sp³-hybridized carbons (Fsp3) is 0.667. The zero-order valence-electron chi connectivity index (χ0n) is 12.7. The number of benzene rings is 1. The van der Waals surface area contributed by atoms with E-state index >= 15 is 0 Å². The van der Waals surface area contributed by atoms with Gasteiger partial charge in [0.15, 0.2) is 0 Å². The molecule has 1 heteroatoms. The first-order valence-corrected chi connectivity index (χ1v) is 7.87. The minimum Gasteiger partial charge on any atom is -0.385 e. The van der Waals surface area contributed by atoms with Crippen molar-refractivity contribution in [3.8, 4) is 0 Å². The van der Waals surface area contributed by atoms with Crippen LogP contribution in [0.15, 0.2) is 24.3 Å². The predicted octanol–water partition coefficient (Wildman–Crippen LogP) is 4.67. The van der Waals surface area contributed by atoms with Crippen LogP contribution >= 0.6 is 0 Å². The first-order valence-electron chi connectivity index (χ1n) is 7.87. The molecule has 0 saturated heterocycles. The van der Waals surface area contributed by atoms with Crippen LogP contribution in [0.1, 0.15) is 64.0 Å². The van der Waals surface area contributed by atoms with Crippen LogP contribution in [-0.2, 0) is 12.0 Å². The van der Waals surface area contributed by atoms with Crippen molar-refractivity contribution in [1.29, 1.82) is 0 Å². The molecule has 106 valence electrons. The molecule has 19 heavy (non-hydrogen) atoms. The highest BCUT2D eigenvalue weighted by atomic mass is 16.3. The van der Waals surface area contributed by atoms with Crippen LogP contribution in [0.2, 0.25) is 0 Å². The topological polar surface area (TPSA) is 20.2 Å². The number of hydrogen-bond acceptors (Lipinski definition) is 1. The van der Waals surface area contributed by atoms with Gasteiger partial charge in [-0.05, 0) is 55.1 Å². The van der Waals surface area contributed by atoms with Crippen molar-refractivity contribution in [2.45, 2.75) is 64.9 Å². The Morgan fingerprint density at radius 2 is 1.95 bits per heavy atom. The molecule has 0 heterocycles. The molecule has 0 unspecified atom stereocenters. The van der Waals surface area contributed by atoms with Crippen molar-refractivity contribution in [3.05, 3.63) is 35.4 Å². The Labute approximate surface area is 118 Å². The summed E-state index contributed by atoms with van der Waals surface area (Å²) < 4.78 is 0. The molecule has 1 aliphatic rings. The SMILES string of the molecule is CCCc1cccc(C2(O)CCC(C(C)C)CC2)c1. The molecule has 1 saturated carbocycles. The fourth-order valence-corrected chi connectivity index (χ4v) is 3.38. The van der Waals surface area contributed by atoms with Crippen molar-refractivity contribution < 1.29 is 5.11 Å². The molecule has 1 aromatic rings. The fourth-order valence-electron chi connectivity index (χ4n) is 3.38. The number of aryl methyl sites for hydroxylation is 1. The quantitative estimate of drug-likeness (QED) is 0.834. The summed E-state index contributed by atoms with van der Waals surface area (Å²) >= 11 is 0. The first-order chi connectivity index (χ1) is 9.05. The van der Waals surface area contributed by atoms with Crippen molar-refractivity contribution in [2.75, 3.05) is 0 Å². The minimum atomic E-state index is -0.574. The molecule has 2 rings (SSSR count). The molecular weight excluding hydrogens is 232 g/mol. The van der Waals surface area contributed by atoms with Crippen LogP contribution in [0.25, 0.3) is 0 Å². The first kappa shape index (κ1) is 14.6. The molecule has 0 spiro atoms. The lowest BCUT2D eigenvalue weighted by Gasteiger charge is -2.38. The van der Waals surface area contributed by atoms with Crippen LogP contribution in [0.5, 0.6) is 0 Å². The van der Waals surface area contributed by atoms with E-state index in [2.05, 4.69) is 45.0 Å². The molecule has 1 aromatic carbocycles. The second kappa shape index (κ2) is 6.09. The third-order valence-electron chi connectivity index (χ3n) is 4.80. The van der Waals surface area contributed by atoms with Crippen molar-refractivity contribution in [2.24, 2.45) is 11.8 Å². The largest absolute Gasteiger partial charge is 0.385 e. The highest BCUT2D eigenvalue weighted by Gasteiger charge is 2.35. The van der Waals surface area contributed by atoms with Gasteiger partial charge in [-0.2, -0.15) is 0 Å². The Hall–Kier alpha value is -0.820. The molecule has 0 bridgehead atoms. The monoisotopic (exact) mass is 260 g/mol. The Morgan fingerprint density at radius 3 is 2.53 bits per heavy atom. The van der Waals surface area contributed by atoms with Gasteiger partial charge in [-0.3, -0.25) is 0 Å². The molecule has 0 radical (unpaired) electrons. The van der Waals surface area contributed by atoms with Gasteiger partial charge in [-0.1, -0.05) is 51.5 Å². The zero-order valence-corrected chi connectivity index (χ0v) is 12.7. The molecule has 0 aromatic heterocycles. The maximum Gasteiger partial charge on any atom is 0.0896 e. The Bertz CT molecular complexity index is 400. The average molecular weight is 260 g/mol. The summed E-state index contributed by atoms with van der Waals surface area (Å²) in [5, 5.41) is 10.9. The Kier molecular flexibility index (Phi) is 4.67. The van der Waals surface area contributed by atoms with Gasteiger partial charge < -0.3 is 5.11 Å². The van der Waals surface area contributed by atoms with E-state index in [1.54, 1.807) is 0 Å². The van der Waals surface area contributed by atoms with Gasteiger partial charge in [0.2, 0.25) is 0 Å². The predicted molar refractivity (Wildman–Crippen MR) is 81.1 cm³/mol. The third kappa shape index (κ3) is 3.39. The third-order valence-corrected chi connectivity index (χ3v) is 4.80. The van der Waals surface area contributed by atoms with E-state index in [4.69, 9.17) is 0 Å². The summed E-state index contributed by atoms with van der Waals surface area (Å²) in [6.07, 6.45) is 6.44. The van der Waals surface area contributed by atoms with Gasteiger partial charge in [0.25, 0.3) is 0 Å². The summed E-state index contributed by atoms with van der Waals surface area (Å²) in [5.74, 6) is 1.54. The van der Waals surface area contributed by atoms with Crippen LogP contribution in [0, 0.1) is 11.8 Å². The normalized spacial score (nSPS) is 27.7. The van der Waals surface area contributed by atoms with E-state index < -0.39 is 5.60 Å². The number of rotatable bonds is 4. The summed E-state index contributed by atoms with van der Waals surface area (Å²) in [6.45, 7) is 6.81. The van der Waals surface area contributed by atoms with Crippen LogP contribution in [0.3, 0.4) is 0 Å². The minimum absolute atomic E-state index is 0.574. The summed E-state index contributed by atoms with van der Waals surface area (Å²) in [7, 11) is 0. The molecule has 0 amide bonds. The highest BCUT2D eigenvalue weighted by molar-refractivity contribution is 5.29. The van der Waals surface area contributed by atoms with Crippen molar-refractivity contribution in [1.82, 2.24) is 0 Å². The van der Waals surface area contributed by atoms with Gasteiger partial charge >= 0.3 is 0 Å². The Morgan fingerprint density at radius 1 is 1.26 bits per heavy atom. The Balaban J connectivity index is 2.10. The highest BCUT2D eigenvalue weighted by Crippen LogP contribution is 2.41. The van der Waals surface area contributed by atoms with Crippen molar-refractivity contribution >= 4 is 0 Å². The molecule has 1 fully saturated rings. The van der Waals surface area contributed by atoms with Gasteiger partial charge in [-0.15, -0.1) is 0 Å². The van der Waals surface area contributed by atoms with Gasteiger partial charge in [-0.25, -0.2) is 0 Å². The maximum atomic E-state index is 10.9. The average Bonchev–Trinajstić information content (AvgIpc) is 2.40. The van der Waals surface area contributed by atoms with E-state index in [9.17, 15) is 5.11 Å². The molecule has 1 nitrogen and oxygen atoms in total. The van der Waals surface area contributed by atoms with E-state index in [0.717, 1.165) is 55.9 Å². The van der Waals surface area contributed by atoms with E-state index in [1.165, 1.54) is 5.56 Å². The van der Waals surface area contributed by atoms with Gasteiger partial charge in [0.05, 0.1) is 5.60 Å². The summed E-state index contributed by atoms with van der Waals surface area (Å²) in [4.78, 5) is 0. The summed E-state index contributed by atoms with van der Waals surface area (Å²) in [6, 6.07) is 8.61. The van der Waals surface area contributed by atoms with Crippen LogP contribution in [0.4, 0.5) is 0 Å². The van der Waals surface area contributed by atoms with E-state index in [1.807, 2.05) is 0 Å². The van der Waals surface area contributed by atoms with Gasteiger partial charge in [0.1, 0.15) is 0 Å². The summed E-state index contributed by atoms with van der Waals surface area (Å²) in [5.41, 5.74) is 1.93. The lowest BCUT2D eigenvalue weighted by molar-refractivity contribution is -0.0200. The molecule has 1 aliphatic carbocycles. The van der Waals surface area contributed by atoms with E-state index in [-0.39, 0.29) is 0 Å². The van der Waals surface area contributed by atoms with E-state index in [0.29, 0.717) is 0 Å². The number of aliphatic hydroxyl groups is 1. The maximum absolute atomic E-state index is 10.9. The molecule has 1 N–H and O–H groups in total.